The first-order chi connectivity index (χ1) is 8.74. The van der Waals surface area contributed by atoms with E-state index in [1.807, 2.05) is 6.33 Å². The summed E-state index contributed by atoms with van der Waals surface area (Å²) in [5.74, 6) is -0.226. The van der Waals surface area contributed by atoms with Crippen molar-refractivity contribution in [1.29, 1.82) is 0 Å². The van der Waals surface area contributed by atoms with Gasteiger partial charge in [-0.1, -0.05) is 0 Å². The van der Waals surface area contributed by atoms with Gasteiger partial charge in [-0.3, -0.25) is 0 Å². The van der Waals surface area contributed by atoms with Crippen LogP contribution in [0.2, 0.25) is 0 Å². The van der Waals surface area contributed by atoms with Crippen LogP contribution in [0.25, 0.3) is 11.3 Å². The van der Waals surface area contributed by atoms with Crippen molar-refractivity contribution < 1.29 is 9.13 Å². The van der Waals surface area contributed by atoms with Gasteiger partial charge in [-0.05, 0) is 53.3 Å². The molecule has 3 rings (SSSR count). The predicted octanol–water partition coefficient (Wildman–Crippen LogP) is 3.08. The highest BCUT2D eigenvalue weighted by Crippen LogP contribution is 2.25. The highest BCUT2D eigenvalue weighted by molar-refractivity contribution is 14.1. The third-order valence-corrected chi connectivity index (χ3v) is 4.22. The van der Waals surface area contributed by atoms with Crippen molar-refractivity contribution in [3.05, 3.63) is 40.1 Å². The summed E-state index contributed by atoms with van der Waals surface area (Å²) in [6.45, 7) is 1.70. The van der Waals surface area contributed by atoms with Crippen LogP contribution in [0.3, 0.4) is 0 Å². The van der Waals surface area contributed by atoms with Crippen LogP contribution >= 0.6 is 22.6 Å². The van der Waals surface area contributed by atoms with Crippen LogP contribution in [0.5, 0.6) is 0 Å². The molecule has 1 aliphatic rings. The van der Waals surface area contributed by atoms with Gasteiger partial charge < -0.3 is 9.30 Å². The summed E-state index contributed by atoms with van der Waals surface area (Å²) in [5.41, 5.74) is 1.84. The van der Waals surface area contributed by atoms with Crippen molar-refractivity contribution >= 4 is 22.6 Å². The molecule has 94 valence electrons. The zero-order chi connectivity index (χ0) is 12.5. The molecule has 3 nitrogen and oxygen atoms in total. The number of ether oxygens (including phenoxy) is 1. The van der Waals surface area contributed by atoms with E-state index < -0.39 is 0 Å². The van der Waals surface area contributed by atoms with Gasteiger partial charge >= 0.3 is 0 Å². The number of imidazole rings is 1. The van der Waals surface area contributed by atoms with E-state index in [2.05, 4.69) is 32.1 Å². The van der Waals surface area contributed by atoms with E-state index in [0.717, 1.165) is 34.5 Å². The Labute approximate surface area is 118 Å². The molecule has 2 heterocycles. The molecule has 0 saturated carbocycles. The lowest BCUT2D eigenvalue weighted by atomic mass is 10.1. The molecule has 1 aliphatic heterocycles. The number of benzene rings is 1. The fourth-order valence-electron chi connectivity index (χ4n) is 1.94. The molecule has 1 saturated heterocycles. The molecule has 18 heavy (non-hydrogen) atoms. The SMILES string of the molecule is Fc1ccc(-c2ncn(C[C@@H]3CCO3)c2I)cc1. The minimum absolute atomic E-state index is 0.226. The van der Waals surface area contributed by atoms with Crippen molar-refractivity contribution in [2.75, 3.05) is 6.61 Å². The Balaban J connectivity index is 1.86. The lowest BCUT2D eigenvalue weighted by Gasteiger charge is -2.26. The topological polar surface area (TPSA) is 27.1 Å². The number of aromatic nitrogens is 2. The molecule has 1 fully saturated rings. The molecule has 0 amide bonds. The fraction of sp³-hybridized carbons (Fsp3) is 0.308. The van der Waals surface area contributed by atoms with Gasteiger partial charge in [0.2, 0.25) is 0 Å². The van der Waals surface area contributed by atoms with Crippen LogP contribution in [-0.4, -0.2) is 22.3 Å². The number of rotatable bonds is 3. The maximum absolute atomic E-state index is 12.9. The first-order valence-corrected chi connectivity index (χ1v) is 6.90. The van der Waals surface area contributed by atoms with Gasteiger partial charge in [0.05, 0.1) is 19.0 Å². The van der Waals surface area contributed by atoms with Crippen molar-refractivity contribution in [1.82, 2.24) is 9.55 Å². The molecule has 0 radical (unpaired) electrons. The smallest absolute Gasteiger partial charge is 0.123 e. The van der Waals surface area contributed by atoms with Crippen LogP contribution in [0, 0.1) is 9.52 Å². The van der Waals surface area contributed by atoms with Gasteiger partial charge in [-0.25, -0.2) is 9.37 Å². The lowest BCUT2D eigenvalue weighted by molar-refractivity contribution is -0.0595. The minimum Gasteiger partial charge on any atom is -0.376 e. The summed E-state index contributed by atoms with van der Waals surface area (Å²) in [4.78, 5) is 4.40. The van der Waals surface area contributed by atoms with E-state index in [9.17, 15) is 4.39 Å². The van der Waals surface area contributed by atoms with Crippen LogP contribution in [0.15, 0.2) is 30.6 Å². The minimum atomic E-state index is -0.226. The quantitative estimate of drug-likeness (QED) is 0.789. The Kier molecular flexibility index (Phi) is 3.34. The van der Waals surface area contributed by atoms with E-state index in [0.29, 0.717) is 6.10 Å². The standard InChI is InChI=1S/C13H12FIN2O/c14-10-3-1-9(2-4-10)12-13(15)17(8-16-12)7-11-5-6-18-11/h1-4,8,11H,5-7H2/t11-/m0/s1. The Morgan fingerprint density at radius 1 is 1.39 bits per heavy atom. The van der Waals surface area contributed by atoms with Gasteiger partial charge in [-0.15, -0.1) is 0 Å². The van der Waals surface area contributed by atoms with Crippen LogP contribution in [0.1, 0.15) is 6.42 Å². The first-order valence-electron chi connectivity index (χ1n) is 5.82. The van der Waals surface area contributed by atoms with Crippen molar-refractivity contribution in [3.63, 3.8) is 0 Å². The molecule has 2 aromatic rings. The van der Waals surface area contributed by atoms with Gasteiger partial charge in [-0.2, -0.15) is 0 Å². The van der Waals surface area contributed by atoms with E-state index in [1.54, 1.807) is 12.1 Å². The molecule has 0 unspecified atom stereocenters. The molecule has 0 spiro atoms. The number of hydrogen-bond donors (Lipinski definition) is 0. The molecule has 0 bridgehead atoms. The summed E-state index contributed by atoms with van der Waals surface area (Å²) in [5, 5.41) is 0. The maximum atomic E-state index is 12.9. The fourth-order valence-corrected chi connectivity index (χ4v) is 2.72. The summed E-state index contributed by atoms with van der Waals surface area (Å²) in [6.07, 6.45) is 3.25. The molecular formula is C13H12FIN2O. The first kappa shape index (κ1) is 12.1. The third-order valence-electron chi connectivity index (χ3n) is 3.09. The van der Waals surface area contributed by atoms with Crippen molar-refractivity contribution in [2.45, 2.75) is 19.1 Å². The highest BCUT2D eigenvalue weighted by Gasteiger charge is 2.20. The Bertz CT molecular complexity index is 549. The zero-order valence-corrected chi connectivity index (χ0v) is 11.8. The largest absolute Gasteiger partial charge is 0.376 e. The van der Waals surface area contributed by atoms with Gasteiger partial charge in [0, 0.05) is 12.2 Å². The molecule has 1 atom stereocenters. The van der Waals surface area contributed by atoms with Crippen LogP contribution in [-0.2, 0) is 11.3 Å². The Hall–Kier alpha value is -0.950. The van der Waals surface area contributed by atoms with Crippen LogP contribution < -0.4 is 0 Å². The summed E-state index contributed by atoms with van der Waals surface area (Å²) in [7, 11) is 0. The lowest BCUT2D eigenvalue weighted by Crippen LogP contribution is -2.31. The average molecular weight is 358 g/mol. The third kappa shape index (κ3) is 2.29. The second kappa shape index (κ2) is 4.97. The molecule has 1 aromatic carbocycles. The highest BCUT2D eigenvalue weighted by atomic mass is 127. The molecule has 1 aromatic heterocycles. The Morgan fingerprint density at radius 2 is 2.11 bits per heavy atom. The monoisotopic (exact) mass is 358 g/mol. The number of hydrogen-bond acceptors (Lipinski definition) is 2. The second-order valence-electron chi connectivity index (χ2n) is 4.32. The van der Waals surface area contributed by atoms with Crippen LogP contribution in [0.4, 0.5) is 4.39 Å². The van der Waals surface area contributed by atoms with Gasteiger partial charge in [0.15, 0.2) is 0 Å². The Morgan fingerprint density at radius 3 is 2.72 bits per heavy atom. The van der Waals surface area contributed by atoms with Crippen molar-refractivity contribution in [2.24, 2.45) is 0 Å². The second-order valence-corrected chi connectivity index (χ2v) is 5.35. The van der Waals surface area contributed by atoms with Gasteiger partial charge in [0.1, 0.15) is 15.2 Å². The predicted molar refractivity (Wildman–Crippen MR) is 74.7 cm³/mol. The molecule has 0 aliphatic carbocycles. The summed E-state index contributed by atoms with van der Waals surface area (Å²) >= 11 is 2.27. The number of halogens is 2. The van der Waals surface area contributed by atoms with E-state index in [4.69, 9.17) is 4.74 Å². The summed E-state index contributed by atoms with van der Waals surface area (Å²) in [6, 6.07) is 6.42. The van der Waals surface area contributed by atoms with E-state index in [-0.39, 0.29) is 5.82 Å². The zero-order valence-electron chi connectivity index (χ0n) is 9.64. The van der Waals surface area contributed by atoms with Crippen molar-refractivity contribution in [3.8, 4) is 11.3 Å². The molecular weight excluding hydrogens is 346 g/mol. The van der Waals surface area contributed by atoms with E-state index >= 15 is 0 Å². The van der Waals surface area contributed by atoms with Gasteiger partial charge in [0.25, 0.3) is 0 Å². The number of nitrogens with zero attached hydrogens (tertiary/aromatic N) is 2. The molecule has 5 heteroatoms. The maximum Gasteiger partial charge on any atom is 0.123 e. The van der Waals surface area contributed by atoms with E-state index in [1.165, 1.54) is 12.1 Å². The molecule has 0 N–H and O–H groups in total. The summed E-state index contributed by atoms with van der Waals surface area (Å²) < 4.78 is 21.5. The average Bonchev–Trinajstić information content (AvgIpc) is 2.67. The normalized spacial score (nSPS) is 18.7.